The fraction of sp³-hybridized carbons (Fsp3) is 0.545. The molecule has 0 spiro atoms. The van der Waals surface area contributed by atoms with Gasteiger partial charge in [0.2, 0.25) is 0 Å². The Labute approximate surface area is 112 Å². The van der Waals surface area contributed by atoms with Crippen LogP contribution in [0.2, 0.25) is 0 Å². The molecule has 0 fully saturated rings. The van der Waals surface area contributed by atoms with Gasteiger partial charge in [0.25, 0.3) is 0 Å². The van der Waals surface area contributed by atoms with Crippen LogP contribution in [-0.4, -0.2) is 20.1 Å². The van der Waals surface area contributed by atoms with E-state index < -0.39 is 28.0 Å². The molecule has 1 aromatic rings. The molecule has 1 rings (SSSR count). The Kier molecular flexibility index (Phi) is 5.05. The Hall–Kier alpha value is -0.990. The molecule has 0 saturated heterocycles. The van der Waals surface area contributed by atoms with Gasteiger partial charge in [-0.05, 0) is 32.9 Å². The molecule has 2 N–H and O–H groups in total. The highest BCUT2D eigenvalue weighted by molar-refractivity contribution is 7.84. The van der Waals surface area contributed by atoms with Gasteiger partial charge in [-0.25, -0.2) is 9.63 Å². The fourth-order valence-electron chi connectivity index (χ4n) is 1.14. The Morgan fingerprint density at radius 2 is 1.89 bits per heavy atom. The topological polar surface area (TPSA) is 54.0 Å². The second-order valence-corrected chi connectivity index (χ2v) is 6.82. The van der Waals surface area contributed by atoms with E-state index in [4.69, 9.17) is 0 Å². The van der Waals surface area contributed by atoms with E-state index in [1.165, 1.54) is 24.4 Å². The summed E-state index contributed by atoms with van der Waals surface area (Å²) in [5, 5.41) is 0. The largest absolute Gasteiger partial charge is 0.410 e. The maximum Gasteiger partial charge on any atom is 0.410 e. The first-order chi connectivity index (χ1) is 8.62. The second-order valence-electron chi connectivity index (χ2n) is 4.86. The molecule has 0 bridgehead atoms. The van der Waals surface area contributed by atoms with Crippen molar-refractivity contribution < 1.29 is 17.4 Å². The van der Waals surface area contributed by atoms with Gasteiger partial charge in [-0.2, -0.15) is 18.0 Å². The van der Waals surface area contributed by atoms with Gasteiger partial charge in [-0.1, -0.05) is 6.07 Å². The normalized spacial score (nSPS) is 16.1. The molecular weight excluding hydrogens is 279 g/mol. The molecule has 0 aliphatic heterocycles. The monoisotopic (exact) mass is 295 g/mol. The van der Waals surface area contributed by atoms with Crippen molar-refractivity contribution in [3.8, 4) is 0 Å². The highest BCUT2D eigenvalue weighted by Gasteiger charge is 2.42. The molecule has 19 heavy (non-hydrogen) atoms. The number of halogens is 3. The minimum Gasteiger partial charge on any atom is -0.259 e. The molecule has 0 saturated carbocycles. The zero-order chi connectivity index (χ0) is 14.7. The number of alkyl halides is 3. The molecule has 1 aromatic heterocycles. The van der Waals surface area contributed by atoms with Crippen LogP contribution in [0.25, 0.3) is 0 Å². The summed E-state index contributed by atoms with van der Waals surface area (Å²) in [7, 11) is -1.66. The van der Waals surface area contributed by atoms with Crippen molar-refractivity contribution in [2.75, 3.05) is 0 Å². The highest BCUT2D eigenvalue weighted by Crippen LogP contribution is 2.31. The predicted octanol–water partition coefficient (Wildman–Crippen LogP) is 2.24. The number of nitrogens with zero attached hydrogens (tertiary/aromatic N) is 1. The third-order valence-corrected chi connectivity index (χ3v) is 3.58. The third kappa shape index (κ3) is 4.88. The Morgan fingerprint density at radius 1 is 1.26 bits per heavy atom. The van der Waals surface area contributed by atoms with E-state index in [1.54, 1.807) is 20.8 Å². The van der Waals surface area contributed by atoms with E-state index in [0.29, 0.717) is 0 Å². The maximum absolute atomic E-state index is 12.9. The predicted molar refractivity (Wildman–Crippen MR) is 67.2 cm³/mol. The molecule has 1 heterocycles. The number of hydrazine groups is 1. The summed E-state index contributed by atoms with van der Waals surface area (Å²) in [4.78, 5) is 5.85. The van der Waals surface area contributed by atoms with E-state index in [0.717, 1.165) is 0 Å². The van der Waals surface area contributed by atoms with Crippen molar-refractivity contribution >= 4 is 11.0 Å². The molecule has 8 heteroatoms. The van der Waals surface area contributed by atoms with Crippen LogP contribution in [0.3, 0.4) is 0 Å². The van der Waals surface area contributed by atoms with Gasteiger partial charge in [0.1, 0.15) is 11.0 Å². The number of rotatable bonds is 4. The lowest BCUT2D eigenvalue weighted by molar-refractivity contribution is -0.159. The minimum absolute atomic E-state index is 0.187. The summed E-state index contributed by atoms with van der Waals surface area (Å²) in [6.07, 6.45) is -3.26. The van der Waals surface area contributed by atoms with Gasteiger partial charge >= 0.3 is 6.18 Å². The lowest BCUT2D eigenvalue weighted by atomic mass is 10.2. The van der Waals surface area contributed by atoms with Gasteiger partial charge in [-0.3, -0.25) is 4.98 Å². The molecule has 4 nitrogen and oxygen atoms in total. The Balaban J connectivity index is 2.82. The van der Waals surface area contributed by atoms with Crippen LogP contribution in [0.4, 0.5) is 13.2 Å². The molecule has 0 radical (unpaired) electrons. The van der Waals surface area contributed by atoms with Crippen molar-refractivity contribution in [3.63, 3.8) is 0 Å². The van der Waals surface area contributed by atoms with Crippen LogP contribution in [0.5, 0.6) is 0 Å². The first-order valence-corrected chi connectivity index (χ1v) is 6.68. The van der Waals surface area contributed by atoms with E-state index in [2.05, 4.69) is 9.82 Å². The summed E-state index contributed by atoms with van der Waals surface area (Å²) in [5.41, 5.74) is 1.86. The lowest BCUT2D eigenvalue weighted by Gasteiger charge is -2.24. The molecule has 0 aliphatic rings. The smallest absolute Gasteiger partial charge is 0.259 e. The van der Waals surface area contributed by atoms with Crippen LogP contribution in [0.1, 0.15) is 32.5 Å². The van der Waals surface area contributed by atoms with Gasteiger partial charge in [0, 0.05) is 6.20 Å². The number of hydrogen-bond donors (Lipinski definition) is 2. The highest BCUT2D eigenvalue weighted by atomic mass is 32.2. The number of nitrogens with one attached hydrogen (secondary N) is 2. The number of aromatic nitrogens is 1. The van der Waals surface area contributed by atoms with E-state index >= 15 is 0 Å². The van der Waals surface area contributed by atoms with Gasteiger partial charge in [0.15, 0.2) is 6.04 Å². The minimum atomic E-state index is -4.54. The fourth-order valence-corrected chi connectivity index (χ4v) is 1.67. The Morgan fingerprint density at radius 3 is 2.32 bits per heavy atom. The quantitative estimate of drug-likeness (QED) is 0.838. The summed E-state index contributed by atoms with van der Waals surface area (Å²) in [6, 6.07) is 2.23. The number of hydrogen-bond acceptors (Lipinski definition) is 3. The SMILES string of the molecule is CC(C)(C)S(=O)NN[C@H](c1ccccn1)C(F)(F)F. The van der Waals surface area contributed by atoms with Gasteiger partial charge < -0.3 is 0 Å². The third-order valence-electron chi connectivity index (χ3n) is 2.16. The maximum atomic E-state index is 12.9. The molecule has 1 unspecified atom stereocenters. The van der Waals surface area contributed by atoms with Crippen LogP contribution >= 0.6 is 0 Å². The first kappa shape index (κ1) is 16.1. The van der Waals surface area contributed by atoms with Crippen molar-refractivity contribution in [1.82, 2.24) is 15.2 Å². The van der Waals surface area contributed by atoms with Crippen molar-refractivity contribution in [2.24, 2.45) is 0 Å². The lowest BCUT2D eigenvalue weighted by Crippen LogP contribution is -2.47. The zero-order valence-corrected chi connectivity index (χ0v) is 11.6. The summed E-state index contributed by atoms with van der Waals surface area (Å²) in [5.74, 6) is 0. The zero-order valence-electron chi connectivity index (χ0n) is 10.8. The summed E-state index contributed by atoms with van der Waals surface area (Å²) in [6.45, 7) is 4.96. The molecule has 0 amide bonds. The van der Waals surface area contributed by atoms with Crippen LogP contribution in [0, 0.1) is 0 Å². The van der Waals surface area contributed by atoms with Gasteiger partial charge in [-0.15, -0.1) is 0 Å². The van der Waals surface area contributed by atoms with E-state index in [9.17, 15) is 17.4 Å². The van der Waals surface area contributed by atoms with Crippen molar-refractivity contribution in [2.45, 2.75) is 37.7 Å². The van der Waals surface area contributed by atoms with Gasteiger partial charge in [0.05, 0.1) is 10.4 Å². The summed E-state index contributed by atoms with van der Waals surface area (Å²) >= 11 is 0. The van der Waals surface area contributed by atoms with E-state index in [1.807, 2.05) is 5.43 Å². The van der Waals surface area contributed by atoms with Crippen molar-refractivity contribution in [1.29, 1.82) is 0 Å². The second kappa shape index (κ2) is 5.98. The first-order valence-electron chi connectivity index (χ1n) is 5.53. The molecule has 0 aromatic carbocycles. The average molecular weight is 295 g/mol. The molecule has 108 valence electrons. The van der Waals surface area contributed by atoms with Crippen molar-refractivity contribution in [3.05, 3.63) is 30.1 Å². The van der Waals surface area contributed by atoms with Crippen LogP contribution in [-0.2, 0) is 11.0 Å². The van der Waals surface area contributed by atoms with Crippen LogP contribution in [0.15, 0.2) is 24.4 Å². The molecule has 2 atom stereocenters. The Bertz CT molecular complexity index is 431. The van der Waals surface area contributed by atoms with Crippen LogP contribution < -0.4 is 10.3 Å². The molecular formula is C11H16F3N3OS. The summed E-state index contributed by atoms with van der Waals surface area (Å²) < 4.78 is 49.7. The number of pyridine rings is 1. The van der Waals surface area contributed by atoms with E-state index in [-0.39, 0.29) is 5.69 Å². The average Bonchev–Trinajstić information content (AvgIpc) is 2.27. The molecule has 0 aliphatic carbocycles. The standard InChI is InChI=1S/C11H16F3N3OS/c1-10(2,3)19(18)17-16-9(11(12,13)14)8-6-4-5-7-15-8/h4-7,9,16-17H,1-3H3/t9-,19?/m1/s1.